The van der Waals surface area contributed by atoms with Crippen LogP contribution in [0.3, 0.4) is 0 Å². The quantitative estimate of drug-likeness (QED) is 0.638. The molecule has 5 heteroatoms. The van der Waals surface area contributed by atoms with Crippen molar-refractivity contribution in [1.82, 2.24) is 14.9 Å². The molecule has 29 heavy (non-hydrogen) atoms. The van der Waals surface area contributed by atoms with Crippen molar-refractivity contribution in [2.24, 2.45) is 5.92 Å². The zero-order chi connectivity index (χ0) is 21.0. The average Bonchev–Trinajstić information content (AvgIpc) is 2.68. The van der Waals surface area contributed by atoms with Crippen LogP contribution in [0.5, 0.6) is 0 Å². The van der Waals surface area contributed by atoms with E-state index >= 15 is 0 Å². The molecule has 1 amide bonds. The lowest BCUT2D eigenvalue weighted by Crippen LogP contribution is -2.32. The fourth-order valence-electron chi connectivity index (χ4n) is 3.52. The van der Waals surface area contributed by atoms with E-state index in [1.807, 2.05) is 32.0 Å². The van der Waals surface area contributed by atoms with Crippen LogP contribution in [-0.2, 0) is 0 Å². The third kappa shape index (κ3) is 4.91. The highest BCUT2D eigenvalue weighted by molar-refractivity contribution is 5.94. The lowest BCUT2D eigenvalue weighted by Gasteiger charge is -2.15. The summed E-state index contributed by atoms with van der Waals surface area (Å²) in [5, 5.41) is 3.64. The third-order valence-electron chi connectivity index (χ3n) is 5.13. The fraction of sp³-hybridized carbons (Fsp3) is 0.375. The molecule has 1 heterocycles. The molecular formula is C24H29N3O2. The molecule has 0 radical (unpaired) electrons. The molecule has 0 spiro atoms. The Kier molecular flexibility index (Phi) is 6.47. The van der Waals surface area contributed by atoms with E-state index in [4.69, 9.17) is 0 Å². The Labute approximate surface area is 171 Å². The first-order valence-corrected chi connectivity index (χ1v) is 10.3. The van der Waals surface area contributed by atoms with E-state index in [0.29, 0.717) is 33.9 Å². The minimum Gasteiger partial charge on any atom is -0.350 e. The van der Waals surface area contributed by atoms with Gasteiger partial charge < -0.3 is 5.32 Å². The van der Waals surface area contributed by atoms with Gasteiger partial charge >= 0.3 is 0 Å². The van der Waals surface area contributed by atoms with E-state index in [0.717, 1.165) is 12.8 Å². The summed E-state index contributed by atoms with van der Waals surface area (Å²) in [6.45, 7) is 8.27. The lowest BCUT2D eigenvalue weighted by atomic mass is 10.0. The SMILES string of the molecule is Cc1nc2ccccc2c(=O)n1-c1ccc(C(=O)NC(C)CCCC(C)C)cc1. The number of rotatable bonds is 7. The first-order valence-electron chi connectivity index (χ1n) is 10.3. The molecule has 0 aliphatic heterocycles. The maximum absolute atomic E-state index is 12.9. The van der Waals surface area contributed by atoms with Crippen LogP contribution in [0.15, 0.2) is 53.3 Å². The number of benzene rings is 2. The smallest absolute Gasteiger partial charge is 0.265 e. The molecule has 1 atom stereocenters. The molecule has 0 bridgehead atoms. The summed E-state index contributed by atoms with van der Waals surface area (Å²) < 4.78 is 1.58. The van der Waals surface area contributed by atoms with Gasteiger partial charge in [0.2, 0.25) is 0 Å². The van der Waals surface area contributed by atoms with Crippen LogP contribution in [0.2, 0.25) is 0 Å². The lowest BCUT2D eigenvalue weighted by molar-refractivity contribution is 0.0938. The number of para-hydroxylation sites is 1. The Morgan fingerprint density at radius 1 is 1.03 bits per heavy atom. The van der Waals surface area contributed by atoms with Gasteiger partial charge in [0.15, 0.2) is 0 Å². The molecule has 5 nitrogen and oxygen atoms in total. The Bertz CT molecular complexity index is 1050. The van der Waals surface area contributed by atoms with E-state index in [-0.39, 0.29) is 17.5 Å². The molecule has 3 aromatic rings. The zero-order valence-electron chi connectivity index (χ0n) is 17.6. The number of carbonyl (C=O) groups excluding carboxylic acids is 1. The third-order valence-corrected chi connectivity index (χ3v) is 5.13. The first kappa shape index (κ1) is 20.8. The second-order valence-corrected chi connectivity index (χ2v) is 8.06. The van der Waals surface area contributed by atoms with Crippen molar-refractivity contribution in [3.05, 3.63) is 70.3 Å². The number of nitrogens with zero attached hydrogens (tertiary/aromatic N) is 2. The Hall–Kier alpha value is -2.95. The highest BCUT2D eigenvalue weighted by atomic mass is 16.1. The molecule has 1 N–H and O–H groups in total. The predicted octanol–water partition coefficient (Wildman–Crippen LogP) is 4.64. The molecule has 152 valence electrons. The predicted molar refractivity (Wildman–Crippen MR) is 118 cm³/mol. The van der Waals surface area contributed by atoms with E-state index in [1.165, 1.54) is 6.42 Å². The summed E-state index contributed by atoms with van der Waals surface area (Å²) in [5.74, 6) is 1.21. The van der Waals surface area contributed by atoms with Crippen LogP contribution >= 0.6 is 0 Å². The number of aromatic nitrogens is 2. The monoisotopic (exact) mass is 391 g/mol. The van der Waals surface area contributed by atoms with Gasteiger partial charge in [-0.15, -0.1) is 0 Å². The van der Waals surface area contributed by atoms with Crippen LogP contribution in [0.1, 0.15) is 56.2 Å². The summed E-state index contributed by atoms with van der Waals surface area (Å²) in [6.07, 6.45) is 3.25. The molecule has 1 aromatic heterocycles. The first-order chi connectivity index (χ1) is 13.9. The summed E-state index contributed by atoms with van der Waals surface area (Å²) in [7, 11) is 0. The van der Waals surface area contributed by atoms with Gasteiger partial charge in [-0.05, 0) is 62.6 Å². The molecular weight excluding hydrogens is 362 g/mol. The minimum atomic E-state index is -0.107. The summed E-state index contributed by atoms with van der Waals surface area (Å²) in [5.41, 5.74) is 1.87. The number of hydrogen-bond acceptors (Lipinski definition) is 3. The summed E-state index contributed by atoms with van der Waals surface area (Å²) >= 11 is 0. The highest BCUT2D eigenvalue weighted by Gasteiger charge is 2.12. The van der Waals surface area contributed by atoms with Crippen molar-refractivity contribution in [1.29, 1.82) is 0 Å². The maximum Gasteiger partial charge on any atom is 0.265 e. The Balaban J connectivity index is 1.76. The molecule has 2 aromatic carbocycles. The van der Waals surface area contributed by atoms with Gasteiger partial charge in [0.05, 0.1) is 16.6 Å². The van der Waals surface area contributed by atoms with Crippen molar-refractivity contribution >= 4 is 16.8 Å². The largest absolute Gasteiger partial charge is 0.350 e. The van der Waals surface area contributed by atoms with Crippen molar-refractivity contribution < 1.29 is 4.79 Å². The molecule has 0 aliphatic rings. The number of fused-ring (bicyclic) bond motifs is 1. The van der Waals surface area contributed by atoms with Crippen LogP contribution in [-0.4, -0.2) is 21.5 Å². The minimum absolute atomic E-state index is 0.0886. The van der Waals surface area contributed by atoms with Crippen molar-refractivity contribution in [3.63, 3.8) is 0 Å². The molecule has 0 fully saturated rings. The highest BCUT2D eigenvalue weighted by Crippen LogP contribution is 2.14. The van der Waals surface area contributed by atoms with E-state index < -0.39 is 0 Å². The van der Waals surface area contributed by atoms with Crippen LogP contribution in [0, 0.1) is 12.8 Å². The number of nitrogens with one attached hydrogen (secondary N) is 1. The molecule has 0 saturated heterocycles. The molecule has 3 rings (SSSR count). The standard InChI is InChI=1S/C24H29N3O2/c1-16(2)8-7-9-17(3)25-23(28)19-12-14-20(15-13-19)27-18(4)26-22-11-6-5-10-21(22)24(27)29/h5-6,10-17H,7-9H2,1-4H3,(H,25,28). The molecule has 1 unspecified atom stereocenters. The van der Waals surface area contributed by atoms with Crippen molar-refractivity contribution in [2.45, 2.75) is 53.0 Å². The van der Waals surface area contributed by atoms with Crippen molar-refractivity contribution in [3.8, 4) is 5.69 Å². The number of carbonyl (C=O) groups is 1. The van der Waals surface area contributed by atoms with Crippen LogP contribution in [0.4, 0.5) is 0 Å². The number of hydrogen-bond donors (Lipinski definition) is 1. The van der Waals surface area contributed by atoms with Crippen LogP contribution in [0.25, 0.3) is 16.6 Å². The Morgan fingerprint density at radius 3 is 2.41 bits per heavy atom. The van der Waals surface area contributed by atoms with Crippen molar-refractivity contribution in [2.75, 3.05) is 0 Å². The van der Waals surface area contributed by atoms with Gasteiger partial charge in [0, 0.05) is 11.6 Å². The molecule has 0 aliphatic carbocycles. The number of aryl methyl sites for hydroxylation is 1. The topological polar surface area (TPSA) is 64.0 Å². The number of amides is 1. The van der Waals surface area contributed by atoms with Crippen LogP contribution < -0.4 is 10.9 Å². The second kappa shape index (κ2) is 9.03. The van der Waals surface area contributed by atoms with Gasteiger partial charge in [-0.2, -0.15) is 0 Å². The van der Waals surface area contributed by atoms with Gasteiger partial charge in [0.1, 0.15) is 5.82 Å². The fourth-order valence-corrected chi connectivity index (χ4v) is 3.52. The Morgan fingerprint density at radius 2 is 1.72 bits per heavy atom. The normalized spacial score (nSPS) is 12.3. The zero-order valence-corrected chi connectivity index (χ0v) is 17.6. The second-order valence-electron chi connectivity index (χ2n) is 8.06. The van der Waals surface area contributed by atoms with E-state index in [1.54, 1.807) is 34.9 Å². The van der Waals surface area contributed by atoms with Gasteiger partial charge in [-0.1, -0.05) is 38.8 Å². The van der Waals surface area contributed by atoms with Gasteiger partial charge in [-0.25, -0.2) is 4.98 Å². The van der Waals surface area contributed by atoms with Gasteiger partial charge in [-0.3, -0.25) is 14.2 Å². The summed E-state index contributed by atoms with van der Waals surface area (Å²) in [6, 6.07) is 14.6. The van der Waals surface area contributed by atoms with E-state index in [2.05, 4.69) is 24.1 Å². The van der Waals surface area contributed by atoms with E-state index in [9.17, 15) is 9.59 Å². The average molecular weight is 392 g/mol. The van der Waals surface area contributed by atoms with Gasteiger partial charge in [0.25, 0.3) is 11.5 Å². The molecule has 0 saturated carbocycles. The maximum atomic E-state index is 12.9. The summed E-state index contributed by atoms with van der Waals surface area (Å²) in [4.78, 5) is 30.0.